The van der Waals surface area contributed by atoms with Gasteiger partial charge in [0.05, 0.1) is 23.4 Å². The van der Waals surface area contributed by atoms with Crippen LogP contribution in [0.3, 0.4) is 0 Å². The maximum atomic E-state index is 12.3. The molecule has 0 saturated carbocycles. The van der Waals surface area contributed by atoms with Gasteiger partial charge in [-0.1, -0.05) is 48.5 Å². The summed E-state index contributed by atoms with van der Waals surface area (Å²) in [5, 5.41) is 24.1. The van der Waals surface area contributed by atoms with E-state index in [1.165, 1.54) is 22.5 Å². The molecule has 1 heterocycles. The quantitative estimate of drug-likeness (QED) is 0.333. The Morgan fingerprint density at radius 3 is 2.43 bits per heavy atom. The number of carbonyl (C=O) groups excluding carboxylic acids is 1. The number of hydrogen-bond acceptors (Lipinski definition) is 7. The first kappa shape index (κ1) is 23.3. The third-order valence-electron chi connectivity index (χ3n) is 6.28. The lowest BCUT2D eigenvalue weighted by molar-refractivity contribution is 0.0136. The van der Waals surface area contributed by atoms with Crippen LogP contribution in [0, 0.1) is 0 Å². The Kier molecular flexibility index (Phi) is 6.68. The van der Waals surface area contributed by atoms with Gasteiger partial charge in [0.2, 0.25) is 0 Å². The first-order valence-corrected chi connectivity index (χ1v) is 12.3. The van der Waals surface area contributed by atoms with Crippen LogP contribution in [0.15, 0.2) is 66.7 Å². The zero-order valence-electron chi connectivity index (χ0n) is 19.2. The lowest BCUT2D eigenvalue weighted by atomic mass is 9.98. The number of fused-ring (bicyclic) bond motifs is 4. The van der Waals surface area contributed by atoms with Gasteiger partial charge in [-0.3, -0.25) is 0 Å². The van der Waals surface area contributed by atoms with Crippen molar-refractivity contribution in [2.24, 2.45) is 0 Å². The van der Waals surface area contributed by atoms with Crippen molar-refractivity contribution in [2.45, 2.75) is 24.5 Å². The molecule has 0 fully saturated rings. The van der Waals surface area contributed by atoms with E-state index in [1.807, 2.05) is 36.4 Å². The number of hydrogen-bond donors (Lipinski definition) is 3. The average molecular weight is 491 g/mol. The Balaban J connectivity index is 1.13. The first-order valence-electron chi connectivity index (χ1n) is 11.4. The van der Waals surface area contributed by atoms with Gasteiger partial charge in [-0.05, 0) is 46.9 Å². The Bertz CT molecular complexity index is 1310. The van der Waals surface area contributed by atoms with E-state index in [1.54, 1.807) is 13.2 Å². The van der Waals surface area contributed by atoms with Crippen molar-refractivity contribution >= 4 is 27.6 Å². The first-order chi connectivity index (χ1) is 17.0. The number of aliphatic hydroxyl groups is 2. The number of benzene rings is 3. The van der Waals surface area contributed by atoms with E-state index in [4.69, 9.17) is 9.47 Å². The van der Waals surface area contributed by atoms with Gasteiger partial charge >= 0.3 is 6.09 Å². The largest absolute Gasteiger partial charge is 0.497 e. The van der Waals surface area contributed by atoms with Crippen LogP contribution >= 0.6 is 11.3 Å². The second-order valence-corrected chi connectivity index (χ2v) is 9.50. The highest BCUT2D eigenvalue weighted by Crippen LogP contribution is 2.44. The van der Waals surface area contributed by atoms with Gasteiger partial charge < -0.3 is 25.0 Å². The number of nitrogens with zero attached hydrogens (tertiary/aromatic N) is 1. The molecule has 0 bridgehead atoms. The molecule has 1 aliphatic rings. The number of amides is 1. The topological polar surface area (TPSA) is 101 Å². The summed E-state index contributed by atoms with van der Waals surface area (Å²) in [4.78, 5) is 16.7. The fourth-order valence-corrected chi connectivity index (χ4v) is 5.51. The van der Waals surface area contributed by atoms with E-state index in [2.05, 4.69) is 34.6 Å². The zero-order valence-corrected chi connectivity index (χ0v) is 20.0. The van der Waals surface area contributed by atoms with Crippen molar-refractivity contribution in [3.63, 3.8) is 0 Å². The zero-order chi connectivity index (χ0) is 24.4. The Labute approximate surface area is 207 Å². The van der Waals surface area contributed by atoms with Crippen LogP contribution in [0.2, 0.25) is 0 Å². The molecule has 180 valence electrons. The second kappa shape index (κ2) is 10.0. The molecule has 5 rings (SSSR count). The van der Waals surface area contributed by atoms with Crippen molar-refractivity contribution < 1.29 is 24.5 Å². The van der Waals surface area contributed by atoms with Gasteiger partial charge in [0.15, 0.2) is 0 Å². The number of methoxy groups -OCH3 is 1. The van der Waals surface area contributed by atoms with Crippen molar-refractivity contribution in [1.29, 1.82) is 0 Å². The molecule has 0 aliphatic heterocycles. The second-order valence-electron chi connectivity index (χ2n) is 8.44. The number of thiazole rings is 1. The summed E-state index contributed by atoms with van der Waals surface area (Å²) in [6, 6.07) is 21.8. The molecule has 8 heteroatoms. The Morgan fingerprint density at radius 2 is 1.74 bits per heavy atom. The highest BCUT2D eigenvalue weighted by molar-refractivity contribution is 7.18. The highest BCUT2D eigenvalue weighted by Gasteiger charge is 2.29. The summed E-state index contributed by atoms with van der Waals surface area (Å²) in [6.07, 6.45) is -2.63. The molecule has 0 saturated heterocycles. The van der Waals surface area contributed by atoms with Crippen LogP contribution in [0.4, 0.5) is 4.79 Å². The van der Waals surface area contributed by atoms with Crippen molar-refractivity contribution in [3.8, 4) is 16.9 Å². The number of ether oxygens (including phenoxy) is 2. The molecule has 4 aromatic rings. The third kappa shape index (κ3) is 4.73. The summed E-state index contributed by atoms with van der Waals surface area (Å²) in [5.74, 6) is 0.688. The Morgan fingerprint density at radius 1 is 1.06 bits per heavy atom. The number of rotatable bonds is 8. The van der Waals surface area contributed by atoms with Crippen LogP contribution in [-0.4, -0.2) is 47.7 Å². The van der Waals surface area contributed by atoms with Crippen LogP contribution in [0.5, 0.6) is 5.75 Å². The lowest BCUT2D eigenvalue weighted by Gasteiger charge is -2.17. The third-order valence-corrected chi connectivity index (χ3v) is 7.37. The minimum atomic E-state index is -1.15. The molecule has 0 radical (unpaired) electrons. The Hall–Kier alpha value is -3.46. The van der Waals surface area contributed by atoms with Crippen LogP contribution in [0.1, 0.15) is 34.6 Å². The highest BCUT2D eigenvalue weighted by atomic mass is 32.1. The van der Waals surface area contributed by atoms with Gasteiger partial charge in [-0.2, -0.15) is 0 Å². The number of alkyl carbamates (subject to hydrolysis) is 1. The smallest absolute Gasteiger partial charge is 0.407 e. The van der Waals surface area contributed by atoms with Crippen LogP contribution in [-0.2, 0) is 4.74 Å². The van der Waals surface area contributed by atoms with E-state index in [-0.39, 0.29) is 25.5 Å². The summed E-state index contributed by atoms with van der Waals surface area (Å²) in [7, 11) is 1.59. The van der Waals surface area contributed by atoms with E-state index in [0.717, 1.165) is 21.3 Å². The number of nitrogens with one attached hydrogen (secondary N) is 1. The molecule has 2 atom stereocenters. The van der Waals surface area contributed by atoms with Gasteiger partial charge in [-0.25, -0.2) is 9.78 Å². The molecular formula is C27H26N2O5S. The van der Waals surface area contributed by atoms with Crippen LogP contribution in [0.25, 0.3) is 21.3 Å². The van der Waals surface area contributed by atoms with Gasteiger partial charge in [0.1, 0.15) is 23.5 Å². The summed E-state index contributed by atoms with van der Waals surface area (Å²) < 4.78 is 11.6. The van der Waals surface area contributed by atoms with Crippen molar-refractivity contribution in [2.75, 3.05) is 20.3 Å². The molecule has 2 unspecified atom stereocenters. The molecule has 0 spiro atoms. The fourth-order valence-electron chi connectivity index (χ4n) is 4.47. The average Bonchev–Trinajstić information content (AvgIpc) is 3.45. The number of carbonyl (C=O) groups is 1. The molecule has 3 N–H and O–H groups in total. The summed E-state index contributed by atoms with van der Waals surface area (Å²) >= 11 is 1.30. The van der Waals surface area contributed by atoms with E-state index >= 15 is 0 Å². The lowest BCUT2D eigenvalue weighted by Crippen LogP contribution is -2.30. The monoisotopic (exact) mass is 490 g/mol. The predicted molar refractivity (Wildman–Crippen MR) is 135 cm³/mol. The van der Waals surface area contributed by atoms with Gasteiger partial charge in [0.25, 0.3) is 0 Å². The molecular weight excluding hydrogens is 464 g/mol. The molecule has 1 amide bonds. The molecule has 1 aromatic heterocycles. The van der Waals surface area contributed by atoms with E-state index in [0.29, 0.717) is 10.8 Å². The summed E-state index contributed by atoms with van der Waals surface area (Å²) in [5.41, 5.74) is 5.36. The maximum Gasteiger partial charge on any atom is 0.407 e. The van der Waals surface area contributed by atoms with Gasteiger partial charge in [0, 0.05) is 12.5 Å². The molecule has 35 heavy (non-hydrogen) atoms. The maximum absolute atomic E-state index is 12.3. The SMILES string of the molecule is COc1ccc2nc(C(O)C(O)CCNC(=O)OCC3c4ccccc4-c4ccccc43)sc2c1. The van der Waals surface area contributed by atoms with Crippen molar-refractivity contribution in [3.05, 3.63) is 82.9 Å². The predicted octanol–water partition coefficient (Wildman–Crippen LogP) is 4.63. The molecule has 1 aliphatic carbocycles. The minimum Gasteiger partial charge on any atom is -0.497 e. The van der Waals surface area contributed by atoms with Gasteiger partial charge in [-0.15, -0.1) is 11.3 Å². The standard InChI is InChI=1S/C27H26N2O5S/c1-33-16-10-11-22-24(14-16)35-26(29-22)25(31)23(30)12-13-28-27(32)34-15-21-19-8-4-2-6-17(19)18-7-3-5-9-20(18)21/h2-11,14,21,23,25,30-31H,12-13,15H2,1H3,(H,28,32). The van der Waals surface area contributed by atoms with E-state index < -0.39 is 18.3 Å². The normalized spacial score (nSPS) is 14.3. The van der Waals surface area contributed by atoms with Crippen molar-refractivity contribution in [1.82, 2.24) is 10.3 Å². The summed E-state index contributed by atoms with van der Waals surface area (Å²) in [6.45, 7) is 0.383. The molecule has 7 nitrogen and oxygen atoms in total. The fraction of sp³-hybridized carbons (Fsp3) is 0.259. The number of aliphatic hydroxyl groups excluding tert-OH is 2. The van der Waals surface area contributed by atoms with E-state index in [9.17, 15) is 15.0 Å². The minimum absolute atomic E-state index is 0.0155. The number of aromatic nitrogens is 1. The van der Waals surface area contributed by atoms with Crippen LogP contribution < -0.4 is 10.1 Å². The molecule has 3 aromatic carbocycles.